The van der Waals surface area contributed by atoms with Gasteiger partial charge in [-0.1, -0.05) is 13.8 Å². The van der Waals surface area contributed by atoms with Crippen molar-refractivity contribution in [2.45, 2.75) is 51.7 Å². The van der Waals surface area contributed by atoms with Crippen LogP contribution in [-0.4, -0.2) is 24.1 Å². The van der Waals surface area contributed by atoms with E-state index in [0.29, 0.717) is 12.8 Å². The monoisotopic (exact) mass is 226 g/mol. The predicted octanol–water partition coefficient (Wildman–Crippen LogP) is 1.67. The molecule has 4 heteroatoms. The Hall–Kier alpha value is -1.06. The molecule has 2 bridgehead atoms. The summed E-state index contributed by atoms with van der Waals surface area (Å²) in [6, 6.07) is 0. The average Bonchev–Trinajstić information content (AvgIpc) is 2.51. The molecule has 0 radical (unpaired) electrons. The zero-order valence-corrected chi connectivity index (χ0v) is 9.77. The number of fused-ring (bicyclic) bond motifs is 2. The highest BCUT2D eigenvalue weighted by Crippen LogP contribution is 2.35. The van der Waals surface area contributed by atoms with E-state index in [-0.39, 0.29) is 36.0 Å². The van der Waals surface area contributed by atoms with Crippen LogP contribution in [-0.2, 0) is 19.1 Å². The van der Waals surface area contributed by atoms with E-state index in [1.807, 2.05) is 13.8 Å². The third-order valence-corrected chi connectivity index (χ3v) is 3.53. The van der Waals surface area contributed by atoms with Crippen LogP contribution in [0.5, 0.6) is 0 Å². The van der Waals surface area contributed by atoms with Crippen LogP contribution in [0.1, 0.15) is 39.5 Å². The Kier molecular flexibility index (Phi) is 3.17. The van der Waals surface area contributed by atoms with Gasteiger partial charge in [0.1, 0.15) is 12.2 Å². The lowest BCUT2D eigenvalue weighted by molar-refractivity contribution is -0.156. The van der Waals surface area contributed by atoms with Crippen molar-refractivity contribution in [2.24, 2.45) is 11.8 Å². The van der Waals surface area contributed by atoms with E-state index in [4.69, 9.17) is 9.47 Å². The highest BCUT2D eigenvalue weighted by atomic mass is 16.6. The third-order valence-electron chi connectivity index (χ3n) is 3.53. The highest BCUT2D eigenvalue weighted by Gasteiger charge is 2.43. The average molecular weight is 226 g/mol. The minimum Gasteiger partial charge on any atom is -0.462 e. The summed E-state index contributed by atoms with van der Waals surface area (Å²) in [5.41, 5.74) is 0. The summed E-state index contributed by atoms with van der Waals surface area (Å²) in [4.78, 5) is 22.9. The molecule has 0 spiro atoms. The molecule has 0 amide bonds. The number of esters is 2. The van der Waals surface area contributed by atoms with Gasteiger partial charge in [0.05, 0.1) is 11.8 Å². The van der Waals surface area contributed by atoms with E-state index in [1.54, 1.807) is 0 Å². The van der Waals surface area contributed by atoms with E-state index in [1.165, 1.54) is 0 Å². The fourth-order valence-corrected chi connectivity index (χ4v) is 2.31. The van der Waals surface area contributed by atoms with E-state index in [0.717, 1.165) is 12.8 Å². The number of rotatable bonds is 3. The first-order chi connectivity index (χ1) is 7.60. The molecule has 2 fully saturated rings. The van der Waals surface area contributed by atoms with Crippen LogP contribution in [0.4, 0.5) is 0 Å². The van der Waals surface area contributed by atoms with Gasteiger partial charge in [-0.25, -0.2) is 0 Å². The number of carbonyl (C=O) groups is 2. The first-order valence-electron chi connectivity index (χ1n) is 6.01. The Morgan fingerprint density at radius 2 is 2.25 bits per heavy atom. The SMILES string of the molecule is CCC(C)C(=O)OC1CC2CC(C1)C(=O)O2. The standard InChI is InChI=1S/C12H18O4/c1-3-7(2)11(13)15-9-4-8-5-10(6-9)16-12(8)14/h7-10H,3-6H2,1-2H3. The molecular weight excluding hydrogens is 208 g/mol. The first-order valence-corrected chi connectivity index (χ1v) is 6.01. The molecule has 90 valence electrons. The lowest BCUT2D eigenvalue weighted by Gasteiger charge is -2.25. The number of hydrogen-bond donors (Lipinski definition) is 0. The van der Waals surface area contributed by atoms with Crippen LogP contribution in [0, 0.1) is 11.8 Å². The maximum atomic E-state index is 11.6. The highest BCUT2D eigenvalue weighted by molar-refractivity contribution is 5.75. The second-order valence-corrected chi connectivity index (χ2v) is 4.83. The fraction of sp³-hybridized carbons (Fsp3) is 0.833. The largest absolute Gasteiger partial charge is 0.462 e. The predicted molar refractivity (Wildman–Crippen MR) is 56.6 cm³/mol. The van der Waals surface area contributed by atoms with Gasteiger partial charge in [-0.2, -0.15) is 0 Å². The number of hydrogen-bond acceptors (Lipinski definition) is 4. The summed E-state index contributed by atoms with van der Waals surface area (Å²) in [7, 11) is 0. The lowest BCUT2D eigenvalue weighted by atomic mass is 9.88. The molecule has 1 aliphatic carbocycles. The van der Waals surface area contributed by atoms with Crippen LogP contribution in [0.25, 0.3) is 0 Å². The molecular formula is C12H18O4. The second kappa shape index (κ2) is 4.44. The Bertz CT molecular complexity index is 299. The van der Waals surface area contributed by atoms with Gasteiger partial charge >= 0.3 is 11.9 Å². The lowest BCUT2D eigenvalue weighted by Crippen LogP contribution is -2.30. The zero-order valence-electron chi connectivity index (χ0n) is 9.77. The van der Waals surface area contributed by atoms with Crippen molar-refractivity contribution in [2.75, 3.05) is 0 Å². The second-order valence-electron chi connectivity index (χ2n) is 4.83. The van der Waals surface area contributed by atoms with Crippen LogP contribution >= 0.6 is 0 Å². The molecule has 4 atom stereocenters. The molecule has 16 heavy (non-hydrogen) atoms. The van der Waals surface area contributed by atoms with Crippen molar-refractivity contribution in [3.05, 3.63) is 0 Å². The molecule has 0 aromatic rings. The summed E-state index contributed by atoms with van der Waals surface area (Å²) >= 11 is 0. The smallest absolute Gasteiger partial charge is 0.309 e. The molecule has 0 N–H and O–H groups in total. The minimum absolute atomic E-state index is 0.0269. The molecule has 2 aliphatic rings. The normalized spacial score (nSPS) is 34.4. The Labute approximate surface area is 95.3 Å². The van der Waals surface area contributed by atoms with Crippen molar-refractivity contribution < 1.29 is 19.1 Å². The van der Waals surface area contributed by atoms with Crippen molar-refractivity contribution in [1.29, 1.82) is 0 Å². The van der Waals surface area contributed by atoms with Crippen molar-refractivity contribution in [3.63, 3.8) is 0 Å². The maximum Gasteiger partial charge on any atom is 0.309 e. The molecule has 4 unspecified atom stereocenters. The van der Waals surface area contributed by atoms with E-state index >= 15 is 0 Å². The maximum absolute atomic E-state index is 11.6. The van der Waals surface area contributed by atoms with E-state index in [2.05, 4.69) is 0 Å². The van der Waals surface area contributed by atoms with Crippen molar-refractivity contribution in [3.8, 4) is 0 Å². The zero-order chi connectivity index (χ0) is 11.7. The molecule has 0 aromatic heterocycles. The molecule has 2 rings (SSSR count). The minimum atomic E-state index is -0.152. The molecule has 1 saturated carbocycles. The van der Waals surface area contributed by atoms with Gasteiger partial charge in [0.2, 0.25) is 0 Å². The molecule has 0 aromatic carbocycles. The quantitative estimate of drug-likeness (QED) is 0.687. The topological polar surface area (TPSA) is 52.6 Å². The van der Waals surface area contributed by atoms with Crippen molar-refractivity contribution in [1.82, 2.24) is 0 Å². The number of carbonyl (C=O) groups excluding carboxylic acids is 2. The van der Waals surface area contributed by atoms with Crippen LogP contribution in [0.15, 0.2) is 0 Å². The number of ether oxygens (including phenoxy) is 2. The van der Waals surface area contributed by atoms with Crippen LogP contribution < -0.4 is 0 Å². The Balaban J connectivity index is 1.88. The van der Waals surface area contributed by atoms with Gasteiger partial charge in [-0.15, -0.1) is 0 Å². The van der Waals surface area contributed by atoms with Gasteiger partial charge in [0.25, 0.3) is 0 Å². The van der Waals surface area contributed by atoms with E-state index in [9.17, 15) is 9.59 Å². The molecule has 1 aliphatic heterocycles. The third kappa shape index (κ3) is 2.20. The molecule has 4 nitrogen and oxygen atoms in total. The Morgan fingerprint density at radius 1 is 1.50 bits per heavy atom. The first kappa shape index (κ1) is 11.4. The summed E-state index contributed by atoms with van der Waals surface area (Å²) in [5.74, 6) is -0.377. The summed E-state index contributed by atoms with van der Waals surface area (Å²) in [5, 5.41) is 0. The van der Waals surface area contributed by atoms with Gasteiger partial charge < -0.3 is 9.47 Å². The van der Waals surface area contributed by atoms with Gasteiger partial charge in [0.15, 0.2) is 0 Å². The summed E-state index contributed by atoms with van der Waals surface area (Å²) in [6.07, 6.45) is 2.74. The Morgan fingerprint density at radius 3 is 2.88 bits per heavy atom. The van der Waals surface area contributed by atoms with Crippen LogP contribution in [0.3, 0.4) is 0 Å². The molecule has 1 saturated heterocycles. The van der Waals surface area contributed by atoms with Gasteiger partial charge in [-0.05, 0) is 19.3 Å². The van der Waals surface area contributed by atoms with Crippen LogP contribution in [0.2, 0.25) is 0 Å². The summed E-state index contributed by atoms with van der Waals surface area (Å²) in [6.45, 7) is 3.82. The van der Waals surface area contributed by atoms with Gasteiger partial charge in [-0.3, -0.25) is 9.59 Å². The van der Waals surface area contributed by atoms with Gasteiger partial charge in [0, 0.05) is 6.42 Å². The summed E-state index contributed by atoms with van der Waals surface area (Å²) < 4.78 is 10.6. The fourth-order valence-electron chi connectivity index (χ4n) is 2.31. The van der Waals surface area contributed by atoms with Crippen molar-refractivity contribution >= 4 is 11.9 Å². The van der Waals surface area contributed by atoms with E-state index < -0.39 is 0 Å². The molecule has 1 heterocycles.